The van der Waals surface area contributed by atoms with Crippen molar-refractivity contribution < 1.29 is 4.39 Å². The molecule has 0 aliphatic heterocycles. The molecule has 72 valence electrons. The number of hydrogen-bond donors (Lipinski definition) is 0. The van der Waals surface area contributed by atoms with E-state index in [1.54, 1.807) is 0 Å². The Morgan fingerprint density at radius 2 is 1.38 bits per heavy atom. The minimum Gasteiger partial charge on any atom is -0.257 e. The number of aromatic nitrogens is 1. The van der Waals surface area contributed by atoms with Crippen molar-refractivity contribution in [3.8, 4) is 0 Å². The molecule has 1 aromatic heterocycles. The maximum Gasteiger partial charge on any atom is 0.126 e. The van der Waals surface area contributed by atoms with E-state index in [4.69, 9.17) is 0 Å². The molecule has 0 atom stereocenters. The molecule has 0 aliphatic carbocycles. The molecule has 13 heavy (non-hydrogen) atoms. The van der Waals surface area contributed by atoms with Crippen LogP contribution in [0, 0.1) is 5.82 Å². The molecular weight excluding hydrogens is 165 g/mol. The molecule has 0 radical (unpaired) electrons. The molecule has 1 nitrogen and oxygen atoms in total. The summed E-state index contributed by atoms with van der Waals surface area (Å²) in [5, 5.41) is 0. The standard InChI is InChI=1S/C11H16FN/c1-7(2)10-5-9(12)6-11(13-10)8(3)4/h5-8H,1-4H3. The molecule has 0 aromatic carbocycles. The normalized spacial score (nSPS) is 11.3. The first-order chi connectivity index (χ1) is 6.00. The van der Waals surface area contributed by atoms with Gasteiger partial charge in [0, 0.05) is 11.4 Å². The Kier molecular flexibility index (Phi) is 3.02. The Morgan fingerprint density at radius 3 is 1.69 bits per heavy atom. The predicted molar refractivity (Wildman–Crippen MR) is 52.4 cm³/mol. The summed E-state index contributed by atoms with van der Waals surface area (Å²) in [6.07, 6.45) is 0. The third kappa shape index (κ3) is 2.51. The van der Waals surface area contributed by atoms with Crippen LogP contribution in [-0.4, -0.2) is 4.98 Å². The summed E-state index contributed by atoms with van der Waals surface area (Å²) in [7, 11) is 0. The smallest absolute Gasteiger partial charge is 0.126 e. The first kappa shape index (κ1) is 10.2. The van der Waals surface area contributed by atoms with Crippen molar-refractivity contribution in [2.45, 2.75) is 39.5 Å². The zero-order chi connectivity index (χ0) is 10.0. The average Bonchev–Trinajstić information content (AvgIpc) is 2.03. The van der Waals surface area contributed by atoms with Gasteiger partial charge >= 0.3 is 0 Å². The van der Waals surface area contributed by atoms with Crippen molar-refractivity contribution in [3.05, 3.63) is 29.3 Å². The maximum atomic E-state index is 13.1. The second kappa shape index (κ2) is 3.86. The number of nitrogens with zero attached hydrogens (tertiary/aromatic N) is 1. The van der Waals surface area contributed by atoms with Gasteiger partial charge in [0.05, 0.1) is 0 Å². The number of halogens is 1. The van der Waals surface area contributed by atoms with Crippen LogP contribution < -0.4 is 0 Å². The summed E-state index contributed by atoms with van der Waals surface area (Å²) < 4.78 is 13.1. The largest absolute Gasteiger partial charge is 0.257 e. The molecule has 2 heteroatoms. The highest BCUT2D eigenvalue weighted by Gasteiger charge is 2.08. The summed E-state index contributed by atoms with van der Waals surface area (Å²) in [4.78, 5) is 4.39. The molecule has 0 saturated heterocycles. The molecule has 0 fully saturated rings. The van der Waals surface area contributed by atoms with E-state index in [2.05, 4.69) is 4.98 Å². The molecule has 0 amide bonds. The molecule has 0 bridgehead atoms. The van der Waals surface area contributed by atoms with E-state index in [1.807, 2.05) is 27.7 Å². The zero-order valence-corrected chi connectivity index (χ0v) is 8.63. The molecular formula is C11H16FN. The minimum atomic E-state index is -0.178. The second-order valence-electron chi connectivity index (χ2n) is 3.94. The lowest BCUT2D eigenvalue weighted by atomic mass is 10.1. The van der Waals surface area contributed by atoms with Crippen molar-refractivity contribution in [2.75, 3.05) is 0 Å². The highest BCUT2D eigenvalue weighted by atomic mass is 19.1. The van der Waals surface area contributed by atoms with Gasteiger partial charge in [-0.25, -0.2) is 4.39 Å². The van der Waals surface area contributed by atoms with Crippen LogP contribution in [0.15, 0.2) is 12.1 Å². The van der Waals surface area contributed by atoms with Crippen molar-refractivity contribution >= 4 is 0 Å². The fourth-order valence-electron chi connectivity index (χ4n) is 1.13. The summed E-state index contributed by atoms with van der Waals surface area (Å²) in [6.45, 7) is 8.08. The summed E-state index contributed by atoms with van der Waals surface area (Å²) in [5.74, 6) is 0.392. The van der Waals surface area contributed by atoms with Crippen molar-refractivity contribution in [2.24, 2.45) is 0 Å². The van der Waals surface area contributed by atoms with Gasteiger partial charge in [0.15, 0.2) is 0 Å². The summed E-state index contributed by atoms with van der Waals surface area (Å²) >= 11 is 0. The van der Waals surface area contributed by atoms with Gasteiger partial charge in [0.2, 0.25) is 0 Å². The quantitative estimate of drug-likeness (QED) is 0.680. The molecule has 1 aromatic rings. The van der Waals surface area contributed by atoms with Crippen LogP contribution in [0.2, 0.25) is 0 Å². The summed E-state index contributed by atoms with van der Waals surface area (Å²) in [6, 6.07) is 3.02. The van der Waals surface area contributed by atoms with E-state index in [0.29, 0.717) is 0 Å². The molecule has 0 spiro atoms. The predicted octanol–water partition coefficient (Wildman–Crippen LogP) is 3.47. The third-order valence-corrected chi connectivity index (χ3v) is 2.01. The van der Waals surface area contributed by atoms with Crippen LogP contribution in [0.3, 0.4) is 0 Å². The van der Waals surface area contributed by atoms with Crippen molar-refractivity contribution in [1.82, 2.24) is 4.98 Å². The first-order valence-corrected chi connectivity index (χ1v) is 4.68. The van der Waals surface area contributed by atoms with Gasteiger partial charge in [-0.2, -0.15) is 0 Å². The van der Waals surface area contributed by atoms with Gasteiger partial charge in [0.25, 0.3) is 0 Å². The fraction of sp³-hybridized carbons (Fsp3) is 0.545. The molecule has 1 heterocycles. The lowest BCUT2D eigenvalue weighted by Crippen LogP contribution is -2.00. The van der Waals surface area contributed by atoms with Gasteiger partial charge in [-0.3, -0.25) is 4.98 Å². The molecule has 0 saturated carbocycles. The van der Waals surface area contributed by atoms with E-state index >= 15 is 0 Å². The number of pyridine rings is 1. The van der Waals surface area contributed by atoms with E-state index in [1.165, 1.54) is 12.1 Å². The van der Waals surface area contributed by atoms with Crippen LogP contribution in [0.1, 0.15) is 50.9 Å². The second-order valence-corrected chi connectivity index (χ2v) is 3.94. The lowest BCUT2D eigenvalue weighted by molar-refractivity contribution is 0.609. The maximum absolute atomic E-state index is 13.1. The van der Waals surface area contributed by atoms with Gasteiger partial charge in [-0.1, -0.05) is 27.7 Å². The first-order valence-electron chi connectivity index (χ1n) is 4.68. The Hall–Kier alpha value is -0.920. The highest BCUT2D eigenvalue weighted by Crippen LogP contribution is 2.18. The Balaban J connectivity index is 3.11. The SMILES string of the molecule is CC(C)c1cc(F)cc(C(C)C)n1. The van der Waals surface area contributed by atoms with Crippen LogP contribution in [-0.2, 0) is 0 Å². The van der Waals surface area contributed by atoms with Gasteiger partial charge in [-0.05, 0) is 24.0 Å². The molecule has 1 rings (SSSR count). The topological polar surface area (TPSA) is 12.9 Å². The van der Waals surface area contributed by atoms with Crippen LogP contribution in [0.4, 0.5) is 4.39 Å². The van der Waals surface area contributed by atoms with Gasteiger partial charge in [0.1, 0.15) is 5.82 Å². The van der Waals surface area contributed by atoms with Gasteiger partial charge < -0.3 is 0 Å². The minimum absolute atomic E-state index is 0.178. The molecule has 0 aliphatic rings. The molecule has 0 unspecified atom stereocenters. The van der Waals surface area contributed by atoms with Gasteiger partial charge in [-0.15, -0.1) is 0 Å². The van der Waals surface area contributed by atoms with E-state index in [9.17, 15) is 4.39 Å². The fourth-order valence-corrected chi connectivity index (χ4v) is 1.13. The number of rotatable bonds is 2. The van der Waals surface area contributed by atoms with Crippen molar-refractivity contribution in [1.29, 1.82) is 0 Å². The lowest BCUT2D eigenvalue weighted by Gasteiger charge is -2.09. The van der Waals surface area contributed by atoms with E-state index < -0.39 is 0 Å². The van der Waals surface area contributed by atoms with Crippen LogP contribution in [0.5, 0.6) is 0 Å². The van der Waals surface area contributed by atoms with Crippen LogP contribution >= 0.6 is 0 Å². The Labute approximate surface area is 79.0 Å². The zero-order valence-electron chi connectivity index (χ0n) is 8.63. The number of hydrogen-bond acceptors (Lipinski definition) is 1. The van der Waals surface area contributed by atoms with E-state index in [0.717, 1.165) is 11.4 Å². The van der Waals surface area contributed by atoms with E-state index in [-0.39, 0.29) is 17.7 Å². The monoisotopic (exact) mass is 181 g/mol. The van der Waals surface area contributed by atoms with Crippen LogP contribution in [0.25, 0.3) is 0 Å². The molecule has 0 N–H and O–H groups in total. The average molecular weight is 181 g/mol. The summed E-state index contributed by atoms with van der Waals surface area (Å²) in [5.41, 5.74) is 1.67. The Bertz CT molecular complexity index is 266. The highest BCUT2D eigenvalue weighted by molar-refractivity contribution is 5.17. The third-order valence-electron chi connectivity index (χ3n) is 2.01. The van der Waals surface area contributed by atoms with Crippen molar-refractivity contribution in [3.63, 3.8) is 0 Å². The Morgan fingerprint density at radius 1 is 1.00 bits per heavy atom.